The lowest BCUT2D eigenvalue weighted by molar-refractivity contribution is -0.385. The van der Waals surface area contributed by atoms with Gasteiger partial charge in [0.05, 0.1) is 28.3 Å². The SMILES string of the molecule is CCCc1cc([N+](=O)[O-])c(C)c(N)c1C(=O)OCC. The largest absolute Gasteiger partial charge is 0.462 e. The summed E-state index contributed by atoms with van der Waals surface area (Å²) in [6.45, 7) is 5.40. The smallest absolute Gasteiger partial charge is 0.340 e. The van der Waals surface area contributed by atoms with E-state index in [4.69, 9.17) is 10.5 Å². The Balaban J connectivity index is 3.47. The number of ether oxygens (including phenoxy) is 1. The van der Waals surface area contributed by atoms with Crippen LogP contribution < -0.4 is 5.73 Å². The highest BCUT2D eigenvalue weighted by molar-refractivity contribution is 5.98. The Morgan fingerprint density at radius 3 is 2.58 bits per heavy atom. The van der Waals surface area contributed by atoms with Gasteiger partial charge >= 0.3 is 5.97 Å². The highest BCUT2D eigenvalue weighted by Gasteiger charge is 2.24. The number of nitrogens with two attached hydrogens (primary N) is 1. The number of rotatable bonds is 5. The minimum atomic E-state index is -0.526. The Bertz CT molecular complexity index is 512. The molecule has 2 N–H and O–H groups in total. The predicted octanol–water partition coefficient (Wildman–Crippen LogP) is 2.61. The molecule has 0 unspecified atom stereocenters. The van der Waals surface area contributed by atoms with Crippen LogP contribution in [0.1, 0.15) is 41.8 Å². The minimum Gasteiger partial charge on any atom is -0.462 e. The maximum absolute atomic E-state index is 11.9. The summed E-state index contributed by atoms with van der Waals surface area (Å²) in [5.74, 6) is -0.526. The number of benzene rings is 1. The van der Waals surface area contributed by atoms with Gasteiger partial charge in [0.25, 0.3) is 5.69 Å². The van der Waals surface area contributed by atoms with Crippen molar-refractivity contribution < 1.29 is 14.5 Å². The molecule has 6 nitrogen and oxygen atoms in total. The fraction of sp³-hybridized carbons (Fsp3) is 0.462. The van der Waals surface area contributed by atoms with Crippen molar-refractivity contribution in [1.29, 1.82) is 0 Å². The van der Waals surface area contributed by atoms with Crippen LogP contribution >= 0.6 is 0 Å². The van der Waals surface area contributed by atoms with Crippen molar-refractivity contribution in [3.8, 4) is 0 Å². The first-order valence-corrected chi connectivity index (χ1v) is 6.17. The Morgan fingerprint density at radius 1 is 1.47 bits per heavy atom. The summed E-state index contributed by atoms with van der Waals surface area (Å²) < 4.78 is 4.96. The Labute approximate surface area is 111 Å². The second kappa shape index (κ2) is 6.17. The molecule has 0 radical (unpaired) electrons. The third kappa shape index (κ3) is 3.01. The van der Waals surface area contributed by atoms with Gasteiger partial charge in [-0.05, 0) is 25.8 Å². The van der Waals surface area contributed by atoms with Gasteiger partial charge in [0, 0.05) is 6.07 Å². The van der Waals surface area contributed by atoms with E-state index in [9.17, 15) is 14.9 Å². The monoisotopic (exact) mass is 266 g/mol. The number of nitrogen functional groups attached to an aromatic ring is 1. The molecule has 1 rings (SSSR count). The molecule has 0 atom stereocenters. The van der Waals surface area contributed by atoms with Crippen LogP contribution in [0.3, 0.4) is 0 Å². The number of carbonyl (C=O) groups is 1. The topological polar surface area (TPSA) is 95.5 Å². The van der Waals surface area contributed by atoms with Crippen molar-refractivity contribution in [3.63, 3.8) is 0 Å². The first kappa shape index (κ1) is 14.9. The van der Waals surface area contributed by atoms with E-state index in [1.807, 2.05) is 6.92 Å². The zero-order chi connectivity index (χ0) is 14.6. The van der Waals surface area contributed by atoms with Crippen LogP contribution in [0.5, 0.6) is 0 Å². The van der Waals surface area contributed by atoms with Crippen LogP contribution in [0.25, 0.3) is 0 Å². The third-order valence-corrected chi connectivity index (χ3v) is 2.89. The quantitative estimate of drug-likeness (QED) is 0.382. The summed E-state index contributed by atoms with van der Waals surface area (Å²) in [5, 5.41) is 11.0. The molecule has 104 valence electrons. The van der Waals surface area contributed by atoms with Crippen LogP contribution in [0.15, 0.2) is 6.07 Å². The molecule has 0 fully saturated rings. The van der Waals surface area contributed by atoms with Gasteiger partial charge in [0.2, 0.25) is 0 Å². The number of carbonyl (C=O) groups excluding carboxylic acids is 1. The Kier molecular flexibility index (Phi) is 4.86. The molecule has 0 amide bonds. The minimum absolute atomic E-state index is 0.0611. The van der Waals surface area contributed by atoms with Crippen LogP contribution in [0.2, 0.25) is 0 Å². The van der Waals surface area contributed by atoms with E-state index >= 15 is 0 Å². The normalized spacial score (nSPS) is 10.3. The number of nitrogens with zero attached hydrogens (tertiary/aromatic N) is 1. The summed E-state index contributed by atoms with van der Waals surface area (Å²) in [5.41, 5.74) is 7.07. The predicted molar refractivity (Wildman–Crippen MR) is 72.2 cm³/mol. The van der Waals surface area contributed by atoms with Gasteiger partial charge in [-0.1, -0.05) is 13.3 Å². The third-order valence-electron chi connectivity index (χ3n) is 2.89. The lowest BCUT2D eigenvalue weighted by Crippen LogP contribution is -2.13. The summed E-state index contributed by atoms with van der Waals surface area (Å²) >= 11 is 0. The number of hydrogen-bond donors (Lipinski definition) is 1. The molecule has 0 saturated carbocycles. The lowest BCUT2D eigenvalue weighted by Gasteiger charge is -2.13. The molecule has 6 heteroatoms. The fourth-order valence-electron chi connectivity index (χ4n) is 1.94. The molecule has 1 aromatic rings. The molecule has 0 aliphatic heterocycles. The molecule has 0 aromatic heterocycles. The first-order chi connectivity index (χ1) is 8.93. The second-order valence-electron chi connectivity index (χ2n) is 4.20. The van der Waals surface area contributed by atoms with Crippen molar-refractivity contribution in [2.75, 3.05) is 12.3 Å². The second-order valence-corrected chi connectivity index (χ2v) is 4.20. The van der Waals surface area contributed by atoms with Gasteiger partial charge in [0.15, 0.2) is 0 Å². The van der Waals surface area contributed by atoms with E-state index in [-0.39, 0.29) is 23.5 Å². The van der Waals surface area contributed by atoms with Crippen LogP contribution in [-0.2, 0) is 11.2 Å². The highest BCUT2D eigenvalue weighted by Crippen LogP contribution is 2.31. The van der Waals surface area contributed by atoms with Crippen LogP contribution in [-0.4, -0.2) is 17.5 Å². The summed E-state index contributed by atoms with van der Waals surface area (Å²) in [7, 11) is 0. The van der Waals surface area contributed by atoms with Gasteiger partial charge < -0.3 is 10.5 Å². The van der Waals surface area contributed by atoms with Crippen LogP contribution in [0, 0.1) is 17.0 Å². The van der Waals surface area contributed by atoms with Gasteiger partial charge in [0.1, 0.15) is 0 Å². The van der Waals surface area contributed by atoms with Crippen molar-refractivity contribution in [1.82, 2.24) is 0 Å². The number of nitro benzene ring substituents is 1. The molecule has 0 aliphatic carbocycles. The average molecular weight is 266 g/mol. The number of esters is 1. The number of anilines is 1. The van der Waals surface area contributed by atoms with E-state index in [0.29, 0.717) is 17.5 Å². The zero-order valence-electron chi connectivity index (χ0n) is 11.4. The van der Waals surface area contributed by atoms with Gasteiger partial charge in [-0.25, -0.2) is 4.79 Å². The molecule has 1 aromatic carbocycles. The first-order valence-electron chi connectivity index (χ1n) is 6.17. The Morgan fingerprint density at radius 2 is 2.11 bits per heavy atom. The summed E-state index contributed by atoms with van der Waals surface area (Å²) in [6, 6.07) is 1.42. The maximum Gasteiger partial charge on any atom is 0.340 e. The number of nitro groups is 1. The molecule has 0 bridgehead atoms. The lowest BCUT2D eigenvalue weighted by atomic mass is 9.97. The van der Waals surface area contributed by atoms with Crippen molar-refractivity contribution in [2.24, 2.45) is 0 Å². The molecule has 0 saturated heterocycles. The van der Waals surface area contributed by atoms with E-state index in [1.165, 1.54) is 13.0 Å². The van der Waals surface area contributed by atoms with E-state index in [2.05, 4.69) is 0 Å². The molecular weight excluding hydrogens is 248 g/mol. The number of aryl methyl sites for hydroxylation is 1. The molecule has 19 heavy (non-hydrogen) atoms. The van der Waals surface area contributed by atoms with Crippen LogP contribution in [0.4, 0.5) is 11.4 Å². The summed E-state index contributed by atoms with van der Waals surface area (Å²) in [4.78, 5) is 22.4. The Hall–Kier alpha value is -2.11. The van der Waals surface area contributed by atoms with Gasteiger partial charge in [-0.15, -0.1) is 0 Å². The van der Waals surface area contributed by atoms with Gasteiger partial charge in [-0.2, -0.15) is 0 Å². The van der Waals surface area contributed by atoms with Crippen molar-refractivity contribution in [3.05, 3.63) is 32.9 Å². The molecular formula is C13H18N2O4. The molecule has 0 spiro atoms. The van der Waals surface area contributed by atoms with E-state index in [0.717, 1.165) is 6.42 Å². The van der Waals surface area contributed by atoms with Crippen molar-refractivity contribution >= 4 is 17.3 Å². The summed E-state index contributed by atoms with van der Waals surface area (Å²) in [6.07, 6.45) is 1.30. The van der Waals surface area contributed by atoms with Crippen molar-refractivity contribution in [2.45, 2.75) is 33.6 Å². The molecule has 0 aliphatic rings. The highest BCUT2D eigenvalue weighted by atomic mass is 16.6. The van der Waals surface area contributed by atoms with E-state index < -0.39 is 10.9 Å². The average Bonchev–Trinajstić information content (AvgIpc) is 2.33. The maximum atomic E-state index is 11.9. The van der Waals surface area contributed by atoms with E-state index in [1.54, 1.807) is 6.92 Å². The standard InChI is InChI=1S/C13H18N2O4/c1-4-6-9-7-10(15(17)18)8(3)12(14)11(9)13(16)19-5-2/h7H,4-6,14H2,1-3H3. The number of hydrogen-bond acceptors (Lipinski definition) is 5. The molecule has 0 heterocycles. The fourth-order valence-corrected chi connectivity index (χ4v) is 1.94. The zero-order valence-corrected chi connectivity index (χ0v) is 11.4. The van der Waals surface area contributed by atoms with Gasteiger partial charge in [-0.3, -0.25) is 10.1 Å².